The second kappa shape index (κ2) is 7.66. The lowest BCUT2D eigenvalue weighted by atomic mass is 9.95. The highest BCUT2D eigenvalue weighted by Crippen LogP contribution is 2.29. The van der Waals surface area contributed by atoms with E-state index in [0.717, 1.165) is 12.8 Å². The summed E-state index contributed by atoms with van der Waals surface area (Å²) in [7, 11) is 0. The van der Waals surface area contributed by atoms with Crippen LogP contribution in [0.5, 0.6) is 0 Å². The van der Waals surface area contributed by atoms with Crippen molar-refractivity contribution in [2.45, 2.75) is 32.2 Å². The number of nitrogens with zero attached hydrogens (tertiary/aromatic N) is 2. The Morgan fingerprint density at radius 2 is 1.81 bits per heavy atom. The maximum absolute atomic E-state index is 12.9. The molecule has 2 amide bonds. The van der Waals surface area contributed by atoms with Gasteiger partial charge in [0.05, 0.1) is 11.8 Å². The van der Waals surface area contributed by atoms with Crippen LogP contribution < -0.4 is 0 Å². The average Bonchev–Trinajstić information content (AvgIpc) is 3.03. The third kappa shape index (κ3) is 3.70. The standard InChI is InChI=1S/C19H23ClN2O4/c1-12-16(19(25)26)8-10-22(12)18(24)14-3-2-9-21(11-14)17(23)13-4-6-15(20)7-5-13/h4-7,12,14,16H,2-3,8-11H2,1H3,(H,25,26). The molecule has 1 aromatic rings. The van der Waals surface area contributed by atoms with Crippen molar-refractivity contribution in [2.24, 2.45) is 11.8 Å². The van der Waals surface area contributed by atoms with Crippen LogP contribution in [0.15, 0.2) is 24.3 Å². The van der Waals surface area contributed by atoms with Gasteiger partial charge in [-0.3, -0.25) is 14.4 Å². The maximum Gasteiger partial charge on any atom is 0.308 e. The van der Waals surface area contributed by atoms with E-state index in [4.69, 9.17) is 11.6 Å². The van der Waals surface area contributed by atoms with Gasteiger partial charge in [0.15, 0.2) is 0 Å². The summed E-state index contributed by atoms with van der Waals surface area (Å²) in [5.74, 6) is -1.76. The van der Waals surface area contributed by atoms with Gasteiger partial charge in [0.1, 0.15) is 0 Å². The summed E-state index contributed by atoms with van der Waals surface area (Å²) in [6, 6.07) is 6.44. The minimum atomic E-state index is -0.851. The van der Waals surface area contributed by atoms with Gasteiger partial charge in [0, 0.05) is 36.3 Å². The lowest BCUT2D eigenvalue weighted by Gasteiger charge is -2.35. The Bertz CT molecular complexity index is 706. The van der Waals surface area contributed by atoms with Crippen LogP contribution in [0, 0.1) is 11.8 Å². The molecular weight excluding hydrogens is 356 g/mol. The summed E-state index contributed by atoms with van der Waals surface area (Å²) in [4.78, 5) is 40.3. The van der Waals surface area contributed by atoms with Crippen LogP contribution in [-0.4, -0.2) is 58.4 Å². The van der Waals surface area contributed by atoms with Crippen LogP contribution in [0.25, 0.3) is 0 Å². The normalized spacial score (nSPS) is 26.0. The zero-order valence-corrected chi connectivity index (χ0v) is 15.5. The van der Waals surface area contributed by atoms with Crippen LogP contribution in [0.1, 0.15) is 36.5 Å². The minimum absolute atomic E-state index is 0.0325. The number of aliphatic carboxylic acids is 1. The van der Waals surface area contributed by atoms with Crippen molar-refractivity contribution in [2.75, 3.05) is 19.6 Å². The van der Waals surface area contributed by atoms with Crippen LogP contribution in [0.2, 0.25) is 5.02 Å². The molecule has 1 aromatic carbocycles. The molecule has 6 nitrogen and oxygen atoms in total. The van der Waals surface area contributed by atoms with Crippen molar-refractivity contribution in [1.82, 2.24) is 9.80 Å². The van der Waals surface area contributed by atoms with E-state index in [1.165, 1.54) is 0 Å². The molecule has 3 rings (SSSR count). The smallest absolute Gasteiger partial charge is 0.308 e. The Hall–Kier alpha value is -2.08. The Morgan fingerprint density at radius 1 is 1.12 bits per heavy atom. The van der Waals surface area contributed by atoms with Gasteiger partial charge in [0.25, 0.3) is 5.91 Å². The van der Waals surface area contributed by atoms with Gasteiger partial charge >= 0.3 is 5.97 Å². The molecule has 0 aliphatic carbocycles. The molecular formula is C19H23ClN2O4. The highest BCUT2D eigenvalue weighted by Gasteiger charge is 2.41. The van der Waals surface area contributed by atoms with Crippen molar-refractivity contribution in [3.05, 3.63) is 34.9 Å². The van der Waals surface area contributed by atoms with Crippen molar-refractivity contribution in [3.8, 4) is 0 Å². The molecule has 0 spiro atoms. The van der Waals surface area contributed by atoms with E-state index >= 15 is 0 Å². The molecule has 2 saturated heterocycles. The number of hydrogen-bond acceptors (Lipinski definition) is 3. The molecule has 140 valence electrons. The number of carboxylic acids is 1. The molecule has 26 heavy (non-hydrogen) atoms. The second-order valence-corrected chi connectivity index (χ2v) is 7.54. The summed E-state index contributed by atoms with van der Waals surface area (Å²) in [6.45, 7) is 3.27. The van der Waals surface area contributed by atoms with Crippen LogP contribution in [-0.2, 0) is 9.59 Å². The molecule has 2 fully saturated rings. The van der Waals surface area contributed by atoms with E-state index in [1.54, 1.807) is 41.0 Å². The van der Waals surface area contributed by atoms with E-state index < -0.39 is 11.9 Å². The highest BCUT2D eigenvalue weighted by atomic mass is 35.5. The molecule has 7 heteroatoms. The second-order valence-electron chi connectivity index (χ2n) is 7.10. The summed E-state index contributed by atoms with van der Waals surface area (Å²) in [6.07, 6.45) is 1.98. The number of hydrogen-bond donors (Lipinski definition) is 1. The fourth-order valence-electron chi connectivity index (χ4n) is 3.95. The number of carbonyl (C=O) groups excluding carboxylic acids is 2. The zero-order chi connectivity index (χ0) is 18.8. The molecule has 3 atom stereocenters. The van der Waals surface area contributed by atoms with Gasteiger partial charge in [-0.05, 0) is 50.5 Å². The molecule has 0 radical (unpaired) electrons. The van der Waals surface area contributed by atoms with Gasteiger partial charge in [-0.1, -0.05) is 11.6 Å². The number of piperidine rings is 1. The molecule has 0 aromatic heterocycles. The largest absolute Gasteiger partial charge is 0.481 e. The van der Waals surface area contributed by atoms with Gasteiger partial charge in [0.2, 0.25) is 5.91 Å². The zero-order valence-electron chi connectivity index (χ0n) is 14.7. The summed E-state index contributed by atoms with van der Waals surface area (Å²) in [5, 5.41) is 9.83. The Balaban J connectivity index is 1.66. The quantitative estimate of drug-likeness (QED) is 0.876. The van der Waals surface area contributed by atoms with Crippen LogP contribution >= 0.6 is 11.6 Å². The van der Waals surface area contributed by atoms with E-state index in [-0.39, 0.29) is 23.8 Å². The van der Waals surface area contributed by atoms with Crippen molar-refractivity contribution < 1.29 is 19.5 Å². The van der Waals surface area contributed by atoms with E-state index in [9.17, 15) is 19.5 Å². The summed E-state index contributed by atoms with van der Waals surface area (Å²) < 4.78 is 0. The summed E-state index contributed by atoms with van der Waals surface area (Å²) in [5.41, 5.74) is 0.558. The number of halogens is 1. The first kappa shape index (κ1) is 18.7. The molecule has 1 N–H and O–H groups in total. The van der Waals surface area contributed by atoms with Gasteiger partial charge in [-0.15, -0.1) is 0 Å². The SMILES string of the molecule is CC1C(C(=O)O)CCN1C(=O)C1CCCN(C(=O)c2ccc(Cl)cc2)C1. The van der Waals surface area contributed by atoms with Gasteiger partial charge in [-0.2, -0.15) is 0 Å². The first-order chi connectivity index (χ1) is 12.4. The molecule has 3 unspecified atom stereocenters. The van der Waals surface area contributed by atoms with Crippen molar-refractivity contribution >= 4 is 29.4 Å². The van der Waals surface area contributed by atoms with Crippen molar-refractivity contribution in [1.29, 1.82) is 0 Å². The third-order valence-corrected chi connectivity index (χ3v) is 5.76. The number of carboxylic acid groups (broad SMARTS) is 1. The minimum Gasteiger partial charge on any atom is -0.481 e. The highest BCUT2D eigenvalue weighted by molar-refractivity contribution is 6.30. The topological polar surface area (TPSA) is 77.9 Å². The predicted molar refractivity (Wildman–Crippen MR) is 97.0 cm³/mol. The first-order valence-electron chi connectivity index (χ1n) is 8.96. The van der Waals surface area contributed by atoms with E-state index in [0.29, 0.717) is 36.6 Å². The molecule has 2 heterocycles. The molecule has 2 aliphatic heterocycles. The lowest BCUT2D eigenvalue weighted by Crippen LogP contribution is -2.48. The fourth-order valence-corrected chi connectivity index (χ4v) is 4.08. The monoisotopic (exact) mass is 378 g/mol. The van der Waals surface area contributed by atoms with Crippen LogP contribution in [0.4, 0.5) is 0 Å². The van der Waals surface area contributed by atoms with Gasteiger partial charge < -0.3 is 14.9 Å². The summed E-state index contributed by atoms with van der Waals surface area (Å²) >= 11 is 5.87. The van der Waals surface area contributed by atoms with Crippen LogP contribution in [0.3, 0.4) is 0 Å². The third-order valence-electron chi connectivity index (χ3n) is 5.50. The maximum atomic E-state index is 12.9. The first-order valence-corrected chi connectivity index (χ1v) is 9.34. The average molecular weight is 379 g/mol. The number of rotatable bonds is 3. The fraction of sp³-hybridized carbons (Fsp3) is 0.526. The Labute approximate surface area is 157 Å². The molecule has 0 saturated carbocycles. The Morgan fingerprint density at radius 3 is 2.42 bits per heavy atom. The predicted octanol–water partition coefficient (Wildman–Crippen LogP) is 2.51. The number of amides is 2. The number of benzene rings is 1. The number of carbonyl (C=O) groups is 3. The molecule has 0 bridgehead atoms. The number of likely N-dealkylation sites (tertiary alicyclic amines) is 2. The van der Waals surface area contributed by atoms with E-state index in [2.05, 4.69) is 0 Å². The van der Waals surface area contributed by atoms with Crippen molar-refractivity contribution in [3.63, 3.8) is 0 Å². The lowest BCUT2D eigenvalue weighted by molar-refractivity contribution is -0.143. The molecule has 2 aliphatic rings. The Kier molecular flexibility index (Phi) is 5.51. The van der Waals surface area contributed by atoms with E-state index in [1.807, 2.05) is 0 Å². The van der Waals surface area contributed by atoms with Gasteiger partial charge in [-0.25, -0.2) is 0 Å².